The second-order valence-corrected chi connectivity index (χ2v) is 6.08. The van der Waals surface area contributed by atoms with Crippen LogP contribution in [0.4, 0.5) is 0 Å². The predicted octanol–water partition coefficient (Wildman–Crippen LogP) is 0.715. The van der Waals surface area contributed by atoms with Gasteiger partial charge in [-0.1, -0.05) is 39.5 Å². The molecular formula is C9H21KSi. The van der Waals surface area contributed by atoms with Crippen molar-refractivity contribution < 1.29 is 51.4 Å². The zero-order chi connectivity index (χ0) is 7.82. The van der Waals surface area contributed by atoms with E-state index in [4.69, 9.17) is 0 Å². The van der Waals surface area contributed by atoms with Gasteiger partial charge in [0.05, 0.1) is 0 Å². The van der Waals surface area contributed by atoms with Gasteiger partial charge in [-0.25, -0.2) is 0 Å². The van der Waals surface area contributed by atoms with Crippen molar-refractivity contribution in [3.05, 3.63) is 0 Å². The molecule has 2 heteroatoms. The molecule has 0 heterocycles. The maximum atomic E-state index is 2.48. The molecule has 0 saturated carbocycles. The fraction of sp³-hybridized carbons (Fsp3) is 1.00. The molecule has 0 unspecified atom stereocenters. The molecule has 0 spiro atoms. The summed E-state index contributed by atoms with van der Waals surface area (Å²) < 4.78 is 0. The molecule has 11 heavy (non-hydrogen) atoms. The van der Waals surface area contributed by atoms with E-state index in [1.807, 2.05) is 0 Å². The molecule has 0 aliphatic rings. The second-order valence-electron chi connectivity index (χ2n) is 3.16. The van der Waals surface area contributed by atoms with Crippen molar-refractivity contribution in [1.82, 2.24) is 0 Å². The normalized spacial score (nSPS) is 9.82. The molecule has 0 aromatic heterocycles. The van der Waals surface area contributed by atoms with Crippen LogP contribution in [0.25, 0.3) is 0 Å². The number of rotatable bonds is 6. The third-order valence-electron chi connectivity index (χ3n) is 1.91. The summed E-state index contributed by atoms with van der Waals surface area (Å²) in [5.74, 6) is 0. The topological polar surface area (TPSA) is 0 Å². The molecule has 0 bridgehead atoms. The molecule has 0 radical (unpaired) electrons. The second kappa shape index (κ2) is 11.9. The Morgan fingerprint density at radius 1 is 0.909 bits per heavy atom. The number of unbranched alkanes of at least 4 members (excludes halogenated alkanes) is 2. The Morgan fingerprint density at radius 3 is 1.55 bits per heavy atom. The van der Waals surface area contributed by atoms with Gasteiger partial charge in [-0.05, 0) is 0 Å². The van der Waals surface area contributed by atoms with E-state index in [0.29, 0.717) is 0 Å². The molecule has 0 aromatic carbocycles. The van der Waals surface area contributed by atoms with Crippen LogP contribution in [-0.2, 0) is 0 Å². The van der Waals surface area contributed by atoms with Gasteiger partial charge in [0.25, 0.3) is 0 Å². The van der Waals surface area contributed by atoms with Gasteiger partial charge in [-0.2, -0.15) is 18.6 Å². The van der Waals surface area contributed by atoms with Crippen LogP contribution in [0.2, 0.25) is 18.6 Å². The van der Waals surface area contributed by atoms with Crippen molar-refractivity contribution in [1.29, 1.82) is 0 Å². The van der Waals surface area contributed by atoms with E-state index in [-0.39, 0.29) is 60.2 Å². The van der Waals surface area contributed by atoms with Crippen molar-refractivity contribution in [3.63, 3.8) is 0 Å². The van der Waals surface area contributed by atoms with Gasteiger partial charge in [0.15, 0.2) is 0 Å². The van der Waals surface area contributed by atoms with Crippen LogP contribution in [-0.4, -0.2) is 8.80 Å². The Labute approximate surface area is 117 Å². The molecule has 62 valence electrons. The minimum atomic E-state index is 0. The number of hydrogen-bond acceptors (Lipinski definition) is 0. The molecular weight excluding hydrogens is 175 g/mol. The van der Waals surface area contributed by atoms with E-state index < -0.39 is 0 Å². The van der Waals surface area contributed by atoms with Crippen LogP contribution >= 0.6 is 0 Å². The van der Waals surface area contributed by atoms with E-state index in [1.165, 1.54) is 25.7 Å². The molecule has 0 fully saturated rings. The zero-order valence-corrected chi connectivity index (χ0v) is 12.9. The SMILES string of the molecule is CCCC[Si-](C)CCCC.[K+]. The fourth-order valence-corrected chi connectivity index (χ4v) is 3.25. The Kier molecular flexibility index (Phi) is 16.5. The first-order valence-corrected chi connectivity index (χ1v) is 7.04. The summed E-state index contributed by atoms with van der Waals surface area (Å²) in [5, 5.41) is 0. The quantitative estimate of drug-likeness (QED) is 0.549. The van der Waals surface area contributed by atoms with Crippen molar-refractivity contribution >= 4 is 8.80 Å². The van der Waals surface area contributed by atoms with Crippen LogP contribution in [0.5, 0.6) is 0 Å². The summed E-state index contributed by atoms with van der Waals surface area (Å²) in [5.41, 5.74) is 0. The molecule has 0 aliphatic heterocycles. The van der Waals surface area contributed by atoms with Crippen LogP contribution in [0.1, 0.15) is 39.5 Å². The van der Waals surface area contributed by atoms with Crippen molar-refractivity contribution in [2.45, 2.75) is 58.2 Å². The van der Waals surface area contributed by atoms with E-state index in [9.17, 15) is 0 Å². The molecule has 0 aliphatic carbocycles. The van der Waals surface area contributed by atoms with Crippen molar-refractivity contribution in [3.8, 4) is 0 Å². The average molecular weight is 196 g/mol. The van der Waals surface area contributed by atoms with E-state index in [0.717, 1.165) is 0 Å². The Morgan fingerprint density at radius 2 is 1.27 bits per heavy atom. The van der Waals surface area contributed by atoms with E-state index in [1.54, 1.807) is 12.1 Å². The predicted molar refractivity (Wildman–Crippen MR) is 51.0 cm³/mol. The standard InChI is InChI=1S/C9H21Si.K/c1-4-6-8-10(3)9-7-5-2;/h4-9H2,1-3H3;/q-1;+1. The first-order chi connectivity index (χ1) is 4.81. The van der Waals surface area contributed by atoms with Gasteiger partial charge in [-0.15, -0.1) is 0 Å². The molecule has 0 rings (SSSR count). The summed E-state index contributed by atoms with van der Waals surface area (Å²) in [7, 11) is 0.0851. The first-order valence-electron chi connectivity index (χ1n) is 4.62. The Balaban J connectivity index is 0. The smallest absolute Gasteiger partial charge is 0.263 e. The Bertz CT molecular complexity index is 58.6. The van der Waals surface area contributed by atoms with Crippen LogP contribution < -0.4 is 51.4 Å². The maximum absolute atomic E-state index is 2.48. The monoisotopic (exact) mass is 196 g/mol. The van der Waals surface area contributed by atoms with Gasteiger partial charge in [0.2, 0.25) is 0 Å². The fourth-order valence-electron chi connectivity index (χ4n) is 1.08. The minimum absolute atomic E-state index is 0. The van der Waals surface area contributed by atoms with Gasteiger partial charge in [0.1, 0.15) is 0 Å². The van der Waals surface area contributed by atoms with Crippen LogP contribution in [0.3, 0.4) is 0 Å². The molecule has 0 amide bonds. The Hall–Kier alpha value is 1.85. The first kappa shape index (κ1) is 15.3. The average Bonchev–Trinajstić information content (AvgIpc) is 1.97. The third-order valence-corrected chi connectivity index (χ3v) is 4.33. The largest absolute Gasteiger partial charge is 1.00 e. The molecule has 0 atom stereocenters. The molecule has 0 nitrogen and oxygen atoms in total. The summed E-state index contributed by atoms with van der Waals surface area (Å²) in [6.45, 7) is 7.06. The van der Waals surface area contributed by atoms with Crippen LogP contribution in [0, 0.1) is 0 Å². The van der Waals surface area contributed by atoms with Gasteiger partial charge in [-0.3, -0.25) is 8.80 Å². The van der Waals surface area contributed by atoms with E-state index >= 15 is 0 Å². The summed E-state index contributed by atoms with van der Waals surface area (Å²) in [4.78, 5) is 0. The minimum Gasteiger partial charge on any atom is -0.263 e. The van der Waals surface area contributed by atoms with Gasteiger partial charge >= 0.3 is 51.4 Å². The summed E-state index contributed by atoms with van der Waals surface area (Å²) in [6.07, 6.45) is 5.70. The third kappa shape index (κ3) is 11.9. The summed E-state index contributed by atoms with van der Waals surface area (Å²) >= 11 is 0. The van der Waals surface area contributed by atoms with Gasteiger partial charge in [0, 0.05) is 0 Å². The van der Waals surface area contributed by atoms with E-state index in [2.05, 4.69) is 20.4 Å². The van der Waals surface area contributed by atoms with Crippen molar-refractivity contribution in [2.24, 2.45) is 0 Å². The molecule has 0 N–H and O–H groups in total. The number of hydrogen-bond donors (Lipinski definition) is 0. The molecule has 0 saturated heterocycles. The molecule has 0 aromatic rings. The van der Waals surface area contributed by atoms with Crippen LogP contribution in [0.15, 0.2) is 0 Å². The summed E-state index contributed by atoms with van der Waals surface area (Å²) in [6, 6.07) is 3.09. The van der Waals surface area contributed by atoms with Crippen molar-refractivity contribution in [2.75, 3.05) is 0 Å². The van der Waals surface area contributed by atoms with Gasteiger partial charge < -0.3 is 0 Å². The zero-order valence-electron chi connectivity index (χ0n) is 8.74. The maximum Gasteiger partial charge on any atom is 1.00 e.